The van der Waals surface area contributed by atoms with Crippen molar-refractivity contribution < 1.29 is 34.8 Å². The van der Waals surface area contributed by atoms with Crippen molar-refractivity contribution in [1.82, 2.24) is 4.90 Å². The molecule has 0 spiro atoms. The number of nitrogens with zero attached hydrogens (tertiary/aromatic N) is 1. The summed E-state index contributed by atoms with van der Waals surface area (Å²) in [5.41, 5.74) is 3.43. The van der Waals surface area contributed by atoms with Crippen LogP contribution in [0.1, 0.15) is 61.6 Å². The van der Waals surface area contributed by atoms with Gasteiger partial charge < -0.3 is 26.2 Å². The highest BCUT2D eigenvalue weighted by Crippen LogP contribution is 2.53. The smallest absolute Gasteiger partial charge is 0.255 e. The van der Waals surface area contributed by atoms with Gasteiger partial charge in [0, 0.05) is 15.1 Å². The lowest BCUT2D eigenvalue weighted by Gasteiger charge is -2.50. The average molecular weight is 651 g/mol. The van der Waals surface area contributed by atoms with Gasteiger partial charge in [-0.3, -0.25) is 19.3 Å². The minimum atomic E-state index is -2.62. The van der Waals surface area contributed by atoms with Crippen molar-refractivity contribution in [3.8, 4) is 5.75 Å². The number of halogens is 1. The summed E-state index contributed by atoms with van der Waals surface area (Å²) in [5, 5.41) is 45.5. The minimum absolute atomic E-state index is 0.0748. The maximum absolute atomic E-state index is 14.0. The third kappa shape index (κ3) is 4.30. The summed E-state index contributed by atoms with van der Waals surface area (Å²) in [6.45, 7) is 0. The van der Waals surface area contributed by atoms with Crippen LogP contribution in [0.25, 0.3) is 5.76 Å². The van der Waals surface area contributed by atoms with E-state index in [9.17, 15) is 34.8 Å². The van der Waals surface area contributed by atoms with Crippen LogP contribution in [0.4, 0.5) is 0 Å². The van der Waals surface area contributed by atoms with E-state index in [0.29, 0.717) is 29.9 Å². The Hall–Kier alpha value is -2.44. The first-order valence-corrected chi connectivity index (χ1v) is 14.6. The number of likely N-dealkylation sites (N-methyl/N-ethyl adjacent to an activating group) is 1. The molecule has 1 amide bonds. The highest BCUT2D eigenvalue weighted by Gasteiger charge is 2.64. The summed E-state index contributed by atoms with van der Waals surface area (Å²) in [6, 6.07) is 0.856. The first-order valence-electron chi connectivity index (χ1n) is 13.6. The fourth-order valence-electron chi connectivity index (χ4n) is 7.34. The lowest BCUT2D eigenvalue weighted by atomic mass is 9.57. The van der Waals surface area contributed by atoms with Crippen LogP contribution in [0.3, 0.4) is 0 Å². The molecule has 39 heavy (non-hydrogen) atoms. The summed E-state index contributed by atoms with van der Waals surface area (Å²) in [6.07, 6.45) is 8.02. The molecular formula is C29H35IN2O7. The third-order valence-electron chi connectivity index (χ3n) is 9.29. The maximum Gasteiger partial charge on any atom is 0.255 e. The van der Waals surface area contributed by atoms with Crippen molar-refractivity contribution >= 4 is 45.8 Å². The third-order valence-corrected chi connectivity index (χ3v) is 10.3. The summed E-state index contributed by atoms with van der Waals surface area (Å²) in [7, 11) is 3.17. The molecule has 0 aliphatic heterocycles. The Morgan fingerprint density at radius 3 is 2.44 bits per heavy atom. The number of hydrogen-bond acceptors (Lipinski definition) is 8. The number of carbonyl (C=O) groups is 3. The van der Waals surface area contributed by atoms with Gasteiger partial charge in [-0.2, -0.15) is 0 Å². The number of aliphatic hydroxyl groups is 3. The number of carbonyl (C=O) groups excluding carboxylic acids is 3. The number of Topliss-reactive ketones (excluding diaryl/α,β-unsaturated/α-hetero) is 2. The normalized spacial score (nSPS) is 29.4. The molecule has 5 rings (SSSR count). The molecule has 6 N–H and O–H groups in total. The van der Waals surface area contributed by atoms with Gasteiger partial charge >= 0.3 is 0 Å². The highest BCUT2D eigenvalue weighted by atomic mass is 127. The number of aryl methyl sites for hydroxylation is 1. The number of phenolic OH excluding ortho intramolecular Hbond substituents is 1. The summed E-state index contributed by atoms with van der Waals surface area (Å²) in [4.78, 5) is 40.8. The van der Waals surface area contributed by atoms with E-state index in [1.165, 1.54) is 37.0 Å². The number of ketones is 2. The van der Waals surface area contributed by atoms with E-state index in [1.807, 2.05) is 6.07 Å². The molecule has 210 valence electrons. The van der Waals surface area contributed by atoms with Crippen molar-refractivity contribution in [2.45, 2.75) is 69.4 Å². The maximum atomic E-state index is 14.0. The van der Waals surface area contributed by atoms with Gasteiger partial charge in [-0.25, -0.2) is 0 Å². The lowest BCUT2D eigenvalue weighted by Crippen LogP contribution is -2.65. The number of hydrogen-bond donors (Lipinski definition) is 5. The van der Waals surface area contributed by atoms with E-state index in [2.05, 4.69) is 22.6 Å². The second-order valence-corrected chi connectivity index (χ2v) is 12.9. The largest absolute Gasteiger partial charge is 0.508 e. The molecule has 4 atom stereocenters. The van der Waals surface area contributed by atoms with E-state index >= 15 is 0 Å². The number of nitrogens with two attached hydrogens (primary N) is 1. The Kier molecular flexibility index (Phi) is 7.34. The zero-order valence-electron chi connectivity index (χ0n) is 22.2. The lowest BCUT2D eigenvalue weighted by molar-refractivity contribution is -0.153. The SMILES string of the molecule is CN(C)C1C(=O)C(C(N)=O)=C(O)C2(O)C(=O)C3=C(O)c4c(O)c(CCC5CCCCC5)cc(I)c4CC3CC12. The van der Waals surface area contributed by atoms with Crippen LogP contribution in [0, 0.1) is 21.3 Å². The van der Waals surface area contributed by atoms with Crippen molar-refractivity contribution in [2.24, 2.45) is 23.5 Å². The van der Waals surface area contributed by atoms with Gasteiger partial charge in [0.05, 0.1) is 11.6 Å². The summed E-state index contributed by atoms with van der Waals surface area (Å²) in [5.74, 6) is -5.59. The first kappa shape index (κ1) is 28.1. The molecule has 0 aromatic heterocycles. The molecule has 1 aromatic carbocycles. The van der Waals surface area contributed by atoms with Crippen LogP contribution in [-0.2, 0) is 27.2 Å². The second-order valence-electron chi connectivity index (χ2n) is 11.7. The van der Waals surface area contributed by atoms with Crippen LogP contribution >= 0.6 is 22.6 Å². The van der Waals surface area contributed by atoms with Crippen LogP contribution in [0.2, 0.25) is 0 Å². The highest BCUT2D eigenvalue weighted by molar-refractivity contribution is 14.1. The van der Waals surface area contributed by atoms with Gasteiger partial charge in [0.2, 0.25) is 5.78 Å². The number of phenols is 1. The number of aromatic hydroxyl groups is 1. The second kappa shape index (κ2) is 10.2. The number of fused-ring (bicyclic) bond motifs is 3. The van der Waals surface area contributed by atoms with Crippen molar-refractivity contribution in [3.63, 3.8) is 0 Å². The number of aliphatic hydroxyl groups excluding tert-OH is 2. The molecule has 4 aliphatic carbocycles. The molecule has 4 unspecified atom stereocenters. The summed E-state index contributed by atoms with van der Waals surface area (Å²) < 4.78 is 0.862. The fraction of sp³-hybridized carbons (Fsp3) is 0.552. The van der Waals surface area contributed by atoms with Crippen molar-refractivity contribution in [3.05, 3.63) is 43.2 Å². The van der Waals surface area contributed by atoms with Crippen LogP contribution < -0.4 is 5.73 Å². The van der Waals surface area contributed by atoms with E-state index < -0.39 is 58.0 Å². The topological polar surface area (TPSA) is 161 Å². The van der Waals surface area contributed by atoms with Crippen molar-refractivity contribution in [1.29, 1.82) is 0 Å². The van der Waals surface area contributed by atoms with Gasteiger partial charge in [0.15, 0.2) is 11.4 Å². The van der Waals surface area contributed by atoms with Crippen LogP contribution in [0.5, 0.6) is 5.75 Å². The minimum Gasteiger partial charge on any atom is -0.508 e. The van der Waals surface area contributed by atoms with Gasteiger partial charge in [0.1, 0.15) is 22.8 Å². The monoisotopic (exact) mass is 650 g/mol. The number of rotatable bonds is 5. The first-order chi connectivity index (χ1) is 18.4. The molecule has 0 radical (unpaired) electrons. The van der Waals surface area contributed by atoms with Gasteiger partial charge in [-0.1, -0.05) is 32.1 Å². The molecule has 0 heterocycles. The molecule has 2 saturated carbocycles. The van der Waals surface area contributed by atoms with Crippen LogP contribution in [0.15, 0.2) is 23.0 Å². The quantitative estimate of drug-likeness (QED) is 0.240. The van der Waals surface area contributed by atoms with E-state index in [0.717, 1.165) is 9.99 Å². The molecule has 1 aromatic rings. The van der Waals surface area contributed by atoms with Crippen LogP contribution in [-0.4, -0.2) is 68.5 Å². The Bertz CT molecular complexity index is 1330. The fourth-order valence-corrected chi connectivity index (χ4v) is 8.21. The average Bonchev–Trinajstić information content (AvgIpc) is 2.87. The van der Waals surface area contributed by atoms with Crippen molar-refractivity contribution in [2.75, 3.05) is 14.1 Å². The summed E-state index contributed by atoms with van der Waals surface area (Å²) >= 11 is 2.19. The number of benzene rings is 1. The Balaban J connectivity index is 1.60. The van der Waals surface area contributed by atoms with Gasteiger partial charge in [-0.05, 0) is 91.4 Å². The molecule has 0 bridgehead atoms. The number of primary amides is 1. The molecule has 10 heteroatoms. The standard InChI is InChI=1S/C29H35IN2O7/c1-32(2)22-17-11-15-10-16-18(30)12-14(9-8-13-6-4-3-5-7-13)23(33)20(16)24(34)19(15)26(36)29(17,39)27(37)21(25(22)35)28(31)38/h12-13,15,17,22,33-34,37,39H,3-11H2,1-2H3,(H2,31,38). The van der Waals surface area contributed by atoms with E-state index in [-0.39, 0.29) is 23.3 Å². The molecule has 9 nitrogen and oxygen atoms in total. The molecule has 0 saturated heterocycles. The molecule has 4 aliphatic rings. The zero-order valence-corrected chi connectivity index (χ0v) is 24.3. The Morgan fingerprint density at radius 2 is 1.82 bits per heavy atom. The Labute approximate surface area is 240 Å². The Morgan fingerprint density at radius 1 is 1.15 bits per heavy atom. The predicted molar refractivity (Wildman–Crippen MR) is 152 cm³/mol. The van der Waals surface area contributed by atoms with E-state index in [4.69, 9.17) is 5.73 Å². The predicted octanol–water partition coefficient (Wildman–Crippen LogP) is 3.08. The molecular weight excluding hydrogens is 615 g/mol. The van der Waals surface area contributed by atoms with E-state index in [1.54, 1.807) is 14.1 Å². The molecule has 2 fully saturated rings. The van der Waals surface area contributed by atoms with Gasteiger partial charge in [-0.15, -0.1) is 0 Å². The zero-order chi connectivity index (χ0) is 28.4. The van der Waals surface area contributed by atoms with Gasteiger partial charge in [0.25, 0.3) is 5.91 Å². The number of amides is 1.